The quantitative estimate of drug-likeness (QED) is 0.830. The molecule has 0 saturated heterocycles. The molecule has 0 bridgehead atoms. The molecule has 21 heavy (non-hydrogen) atoms. The largest absolute Gasteiger partial charge is 0.399 e. The molecule has 0 heterocycles. The number of amides is 1. The fraction of sp³-hybridized carbons (Fsp3) is 0.533. The average Bonchev–Trinajstić information content (AvgIpc) is 2.42. The first-order chi connectivity index (χ1) is 9.88. The molecule has 1 aliphatic rings. The lowest BCUT2D eigenvalue weighted by Crippen LogP contribution is -2.39. The third kappa shape index (κ3) is 4.20. The summed E-state index contributed by atoms with van der Waals surface area (Å²) in [5.41, 5.74) is 6.92. The topological polar surface area (TPSA) is 89.3 Å². The van der Waals surface area contributed by atoms with E-state index in [0.29, 0.717) is 11.3 Å². The molecular formula is C15H22N2O3S. The highest BCUT2D eigenvalue weighted by molar-refractivity contribution is 7.92. The monoisotopic (exact) mass is 310 g/mol. The molecule has 116 valence electrons. The van der Waals surface area contributed by atoms with E-state index in [9.17, 15) is 13.2 Å². The van der Waals surface area contributed by atoms with Crippen molar-refractivity contribution in [3.8, 4) is 0 Å². The predicted molar refractivity (Wildman–Crippen MR) is 82.7 cm³/mol. The second-order valence-corrected chi connectivity index (χ2v) is 7.67. The van der Waals surface area contributed by atoms with Crippen LogP contribution in [0.3, 0.4) is 0 Å². The van der Waals surface area contributed by atoms with Crippen LogP contribution in [0, 0.1) is 6.92 Å². The van der Waals surface area contributed by atoms with Gasteiger partial charge in [0.25, 0.3) is 0 Å². The molecule has 0 unspecified atom stereocenters. The molecule has 1 aromatic carbocycles. The van der Waals surface area contributed by atoms with Gasteiger partial charge in [0, 0.05) is 11.7 Å². The zero-order chi connectivity index (χ0) is 15.5. The maximum Gasteiger partial charge on any atom is 0.235 e. The van der Waals surface area contributed by atoms with Crippen LogP contribution in [0.25, 0.3) is 0 Å². The molecule has 1 aliphatic carbocycles. The van der Waals surface area contributed by atoms with Crippen molar-refractivity contribution in [3.63, 3.8) is 0 Å². The van der Waals surface area contributed by atoms with Gasteiger partial charge in [-0.3, -0.25) is 4.79 Å². The van der Waals surface area contributed by atoms with Gasteiger partial charge in [0.05, 0.1) is 4.90 Å². The van der Waals surface area contributed by atoms with E-state index in [4.69, 9.17) is 5.73 Å². The number of nitrogens with one attached hydrogen (secondary N) is 1. The van der Waals surface area contributed by atoms with Crippen molar-refractivity contribution in [1.82, 2.24) is 5.32 Å². The standard InChI is InChI=1S/C15H22N2O3S/c1-11-9-13(7-8-14(11)16)21(19,20)10-15(18)17-12-5-3-2-4-6-12/h7-9,12H,2-6,10,16H2,1H3,(H,17,18). The Labute approximate surface area is 125 Å². The lowest BCUT2D eigenvalue weighted by Gasteiger charge is -2.22. The van der Waals surface area contributed by atoms with Crippen molar-refractivity contribution in [2.75, 3.05) is 11.5 Å². The van der Waals surface area contributed by atoms with Gasteiger partial charge in [-0.25, -0.2) is 8.42 Å². The molecule has 0 aromatic heterocycles. The number of hydrogen-bond acceptors (Lipinski definition) is 4. The number of carbonyl (C=O) groups is 1. The number of carbonyl (C=O) groups excluding carboxylic acids is 1. The summed E-state index contributed by atoms with van der Waals surface area (Å²) in [6.45, 7) is 1.75. The SMILES string of the molecule is Cc1cc(S(=O)(=O)CC(=O)NC2CCCCC2)ccc1N. The van der Waals surface area contributed by atoms with Gasteiger partial charge in [0.2, 0.25) is 5.91 Å². The fourth-order valence-corrected chi connectivity index (χ4v) is 3.84. The number of nitrogen functional groups attached to an aromatic ring is 1. The first-order valence-electron chi connectivity index (χ1n) is 7.27. The van der Waals surface area contributed by atoms with Crippen LogP contribution in [-0.4, -0.2) is 26.1 Å². The van der Waals surface area contributed by atoms with Crippen molar-refractivity contribution >= 4 is 21.4 Å². The highest BCUT2D eigenvalue weighted by atomic mass is 32.2. The maximum absolute atomic E-state index is 12.2. The van der Waals surface area contributed by atoms with Crippen LogP contribution in [-0.2, 0) is 14.6 Å². The van der Waals surface area contributed by atoms with Gasteiger partial charge in [0.15, 0.2) is 9.84 Å². The van der Waals surface area contributed by atoms with Crippen LogP contribution in [0.2, 0.25) is 0 Å². The van der Waals surface area contributed by atoms with Crippen LogP contribution in [0.15, 0.2) is 23.1 Å². The summed E-state index contributed by atoms with van der Waals surface area (Å²) in [6, 6.07) is 4.64. The highest BCUT2D eigenvalue weighted by Gasteiger charge is 2.22. The molecule has 1 fully saturated rings. The van der Waals surface area contributed by atoms with E-state index in [0.717, 1.165) is 25.7 Å². The number of benzene rings is 1. The van der Waals surface area contributed by atoms with E-state index in [2.05, 4.69) is 5.32 Å². The van der Waals surface area contributed by atoms with E-state index in [-0.39, 0.29) is 10.9 Å². The van der Waals surface area contributed by atoms with Gasteiger partial charge in [0.1, 0.15) is 5.75 Å². The Morgan fingerprint density at radius 2 is 1.95 bits per heavy atom. The minimum absolute atomic E-state index is 0.120. The minimum Gasteiger partial charge on any atom is -0.399 e. The van der Waals surface area contributed by atoms with E-state index < -0.39 is 21.5 Å². The number of hydrogen-bond donors (Lipinski definition) is 2. The highest BCUT2D eigenvalue weighted by Crippen LogP contribution is 2.19. The van der Waals surface area contributed by atoms with Crippen LogP contribution in [0.5, 0.6) is 0 Å². The molecule has 1 saturated carbocycles. The Morgan fingerprint density at radius 1 is 1.29 bits per heavy atom. The zero-order valence-corrected chi connectivity index (χ0v) is 13.1. The third-order valence-electron chi connectivity index (χ3n) is 3.89. The summed E-state index contributed by atoms with van der Waals surface area (Å²) in [4.78, 5) is 12.1. The zero-order valence-electron chi connectivity index (χ0n) is 12.3. The third-order valence-corrected chi connectivity index (χ3v) is 5.51. The van der Waals surface area contributed by atoms with Gasteiger partial charge in [-0.05, 0) is 43.5 Å². The summed E-state index contributed by atoms with van der Waals surface area (Å²) in [5.74, 6) is -0.927. The number of rotatable bonds is 4. The van der Waals surface area contributed by atoms with Gasteiger partial charge >= 0.3 is 0 Å². The van der Waals surface area contributed by atoms with E-state index >= 15 is 0 Å². The van der Waals surface area contributed by atoms with Gasteiger partial charge < -0.3 is 11.1 Å². The number of sulfone groups is 1. The van der Waals surface area contributed by atoms with Crippen LogP contribution in [0.4, 0.5) is 5.69 Å². The first-order valence-corrected chi connectivity index (χ1v) is 8.92. The Kier molecular flexibility index (Phi) is 4.88. The first kappa shape index (κ1) is 15.8. The van der Waals surface area contributed by atoms with E-state index in [1.54, 1.807) is 13.0 Å². The van der Waals surface area contributed by atoms with Gasteiger partial charge in [-0.1, -0.05) is 19.3 Å². The Balaban J connectivity index is 2.02. The lowest BCUT2D eigenvalue weighted by molar-refractivity contribution is -0.119. The van der Waals surface area contributed by atoms with Gasteiger partial charge in [-0.2, -0.15) is 0 Å². The molecular weight excluding hydrogens is 288 g/mol. The molecule has 0 aliphatic heterocycles. The molecule has 6 heteroatoms. The average molecular weight is 310 g/mol. The van der Waals surface area contributed by atoms with Crippen LogP contribution < -0.4 is 11.1 Å². The molecule has 0 radical (unpaired) electrons. The van der Waals surface area contributed by atoms with Crippen molar-refractivity contribution in [2.24, 2.45) is 0 Å². The number of nitrogens with two attached hydrogens (primary N) is 1. The Hall–Kier alpha value is -1.56. The molecule has 0 spiro atoms. The summed E-state index contributed by atoms with van der Waals surface area (Å²) >= 11 is 0. The van der Waals surface area contributed by atoms with Crippen LogP contribution >= 0.6 is 0 Å². The minimum atomic E-state index is -3.62. The predicted octanol–water partition coefficient (Wildman–Crippen LogP) is 1.80. The fourth-order valence-electron chi connectivity index (χ4n) is 2.61. The summed E-state index contributed by atoms with van der Waals surface area (Å²) in [6.07, 6.45) is 5.25. The van der Waals surface area contributed by atoms with Crippen LogP contribution in [0.1, 0.15) is 37.7 Å². The van der Waals surface area contributed by atoms with E-state index in [1.807, 2.05) is 0 Å². The van der Waals surface area contributed by atoms with E-state index in [1.165, 1.54) is 18.6 Å². The second kappa shape index (κ2) is 6.47. The summed E-state index contributed by atoms with van der Waals surface area (Å²) in [7, 11) is -3.62. The van der Waals surface area contributed by atoms with Crippen molar-refractivity contribution in [3.05, 3.63) is 23.8 Å². The smallest absolute Gasteiger partial charge is 0.235 e. The normalized spacial score (nSPS) is 16.6. The molecule has 2 rings (SSSR count). The second-order valence-electron chi connectivity index (χ2n) is 5.68. The molecule has 3 N–H and O–H groups in total. The molecule has 1 amide bonds. The summed E-state index contributed by atoms with van der Waals surface area (Å²) < 4.78 is 24.5. The molecule has 0 atom stereocenters. The maximum atomic E-state index is 12.2. The van der Waals surface area contributed by atoms with Crippen molar-refractivity contribution in [1.29, 1.82) is 0 Å². The lowest BCUT2D eigenvalue weighted by atomic mass is 9.95. The number of anilines is 1. The summed E-state index contributed by atoms with van der Waals surface area (Å²) in [5, 5.41) is 2.83. The molecule has 5 nitrogen and oxygen atoms in total. The molecule has 1 aromatic rings. The Bertz CT molecular complexity index is 620. The van der Waals surface area contributed by atoms with Crippen molar-refractivity contribution in [2.45, 2.75) is 50.0 Å². The number of aryl methyl sites for hydroxylation is 1. The van der Waals surface area contributed by atoms with Gasteiger partial charge in [-0.15, -0.1) is 0 Å². The van der Waals surface area contributed by atoms with Crippen molar-refractivity contribution < 1.29 is 13.2 Å². The Morgan fingerprint density at radius 3 is 2.57 bits per heavy atom.